The summed E-state index contributed by atoms with van der Waals surface area (Å²) in [5, 5.41) is 0. The number of hydrogen-bond acceptors (Lipinski definition) is 3. The molecule has 0 radical (unpaired) electrons. The molecule has 2 aromatic carbocycles. The van der Waals surface area contributed by atoms with E-state index in [-0.39, 0.29) is 22.9 Å². The molecule has 5 heteroatoms. The maximum Gasteiger partial charge on any atom is 0.179 e. The van der Waals surface area contributed by atoms with Crippen molar-refractivity contribution in [2.45, 2.75) is 18.2 Å². The lowest BCUT2D eigenvalue weighted by Crippen LogP contribution is -2.12. The minimum atomic E-state index is -3.50. The normalized spacial score (nSPS) is 11.3. The van der Waals surface area contributed by atoms with Crippen molar-refractivity contribution in [3.8, 4) is 0 Å². The Balaban J connectivity index is 2.10. The maximum atomic E-state index is 12.8. The topological polar surface area (TPSA) is 51.2 Å². The predicted octanol–water partition coefficient (Wildman–Crippen LogP) is 3.18. The van der Waals surface area contributed by atoms with E-state index >= 15 is 0 Å². The number of Topliss-reactive ketones (excluding diaryl/α,β-unsaturated/α-hetero) is 1. The molecule has 0 unspecified atom stereocenters. The number of sulfone groups is 1. The molecule has 0 N–H and O–H groups in total. The van der Waals surface area contributed by atoms with Gasteiger partial charge in [-0.2, -0.15) is 0 Å². The molecule has 0 bridgehead atoms. The van der Waals surface area contributed by atoms with Gasteiger partial charge < -0.3 is 0 Å². The Hall–Kier alpha value is -2.01. The Morgan fingerprint density at radius 1 is 1.05 bits per heavy atom. The van der Waals surface area contributed by atoms with Gasteiger partial charge >= 0.3 is 0 Å². The van der Waals surface area contributed by atoms with Gasteiger partial charge in [0.15, 0.2) is 15.6 Å². The van der Waals surface area contributed by atoms with E-state index in [1.807, 2.05) is 0 Å². The Bertz CT molecular complexity index is 749. The van der Waals surface area contributed by atoms with Gasteiger partial charge in [0.1, 0.15) is 5.82 Å². The summed E-state index contributed by atoms with van der Waals surface area (Å²) >= 11 is 0. The zero-order valence-corrected chi connectivity index (χ0v) is 12.4. The van der Waals surface area contributed by atoms with Crippen LogP contribution in [0, 0.1) is 12.7 Å². The van der Waals surface area contributed by atoms with Crippen LogP contribution in [0.25, 0.3) is 0 Å². The highest BCUT2D eigenvalue weighted by Gasteiger charge is 2.18. The van der Waals surface area contributed by atoms with Crippen LogP contribution in [-0.4, -0.2) is 20.0 Å². The molecule has 0 atom stereocenters. The Morgan fingerprint density at radius 3 is 2.29 bits per heavy atom. The second kappa shape index (κ2) is 6.18. The van der Waals surface area contributed by atoms with Gasteiger partial charge in [-0.3, -0.25) is 4.79 Å². The summed E-state index contributed by atoms with van der Waals surface area (Å²) in [7, 11) is -3.50. The lowest BCUT2D eigenvalue weighted by molar-refractivity contribution is 0.0988. The van der Waals surface area contributed by atoms with Gasteiger partial charge in [0.2, 0.25) is 0 Å². The van der Waals surface area contributed by atoms with Gasteiger partial charge in [-0.15, -0.1) is 0 Å². The highest BCUT2D eigenvalue weighted by molar-refractivity contribution is 7.91. The van der Waals surface area contributed by atoms with E-state index in [4.69, 9.17) is 0 Å². The van der Waals surface area contributed by atoms with Crippen LogP contribution in [0.15, 0.2) is 53.4 Å². The van der Waals surface area contributed by atoms with Crippen molar-refractivity contribution in [1.82, 2.24) is 0 Å². The van der Waals surface area contributed by atoms with Gasteiger partial charge in [0, 0.05) is 12.0 Å². The minimum absolute atomic E-state index is 0.123. The quantitative estimate of drug-likeness (QED) is 0.797. The smallest absolute Gasteiger partial charge is 0.179 e. The van der Waals surface area contributed by atoms with E-state index in [0.29, 0.717) is 11.1 Å². The third-order valence-corrected chi connectivity index (χ3v) is 5.06. The summed E-state index contributed by atoms with van der Waals surface area (Å²) in [6, 6.07) is 11.8. The lowest BCUT2D eigenvalue weighted by atomic mass is 10.1. The molecular weight excluding hydrogens is 291 g/mol. The van der Waals surface area contributed by atoms with Crippen LogP contribution in [0.2, 0.25) is 0 Å². The summed E-state index contributed by atoms with van der Waals surface area (Å²) < 4.78 is 37.2. The molecule has 2 aromatic rings. The first-order valence-corrected chi connectivity index (χ1v) is 8.12. The third-order valence-electron chi connectivity index (χ3n) is 3.19. The van der Waals surface area contributed by atoms with E-state index in [9.17, 15) is 17.6 Å². The third kappa shape index (κ3) is 3.76. The van der Waals surface area contributed by atoms with Crippen molar-refractivity contribution in [3.63, 3.8) is 0 Å². The van der Waals surface area contributed by atoms with E-state index in [2.05, 4.69) is 0 Å². The SMILES string of the molecule is Cc1ccccc1S(=O)(=O)CCC(=O)c1ccc(F)cc1. The molecule has 0 saturated heterocycles. The van der Waals surface area contributed by atoms with Crippen LogP contribution in [0.5, 0.6) is 0 Å². The molecule has 0 aliphatic rings. The zero-order valence-electron chi connectivity index (χ0n) is 11.5. The summed E-state index contributed by atoms with van der Waals surface area (Å²) in [4.78, 5) is 12.2. The van der Waals surface area contributed by atoms with Gasteiger partial charge in [0.05, 0.1) is 10.6 Å². The van der Waals surface area contributed by atoms with Crippen molar-refractivity contribution < 1.29 is 17.6 Å². The summed E-state index contributed by atoms with van der Waals surface area (Å²) in [6.45, 7) is 1.72. The molecule has 0 fully saturated rings. The van der Waals surface area contributed by atoms with Crippen molar-refractivity contribution in [2.24, 2.45) is 0 Å². The highest BCUT2D eigenvalue weighted by Crippen LogP contribution is 2.17. The second-order valence-electron chi connectivity index (χ2n) is 4.76. The molecule has 0 spiro atoms. The first-order chi connectivity index (χ1) is 9.90. The van der Waals surface area contributed by atoms with Gasteiger partial charge in [-0.05, 0) is 42.8 Å². The molecule has 0 aliphatic heterocycles. The molecule has 0 aliphatic carbocycles. The van der Waals surface area contributed by atoms with Crippen LogP contribution in [0.3, 0.4) is 0 Å². The first-order valence-electron chi connectivity index (χ1n) is 6.47. The summed E-state index contributed by atoms with van der Waals surface area (Å²) in [6.07, 6.45) is -0.123. The number of aryl methyl sites for hydroxylation is 1. The Kier molecular flexibility index (Phi) is 4.53. The van der Waals surface area contributed by atoms with Crippen LogP contribution >= 0.6 is 0 Å². The Labute approximate surface area is 123 Å². The maximum absolute atomic E-state index is 12.8. The first kappa shape index (κ1) is 15.4. The summed E-state index contributed by atoms with van der Waals surface area (Å²) in [5.41, 5.74) is 0.975. The number of carbonyl (C=O) groups excluding carboxylic acids is 1. The zero-order chi connectivity index (χ0) is 15.5. The van der Waals surface area contributed by atoms with Crippen molar-refractivity contribution in [2.75, 3.05) is 5.75 Å². The standard InChI is InChI=1S/C16H15FO3S/c1-12-4-2-3-5-16(12)21(19,20)11-10-15(18)13-6-8-14(17)9-7-13/h2-9H,10-11H2,1H3. The average molecular weight is 306 g/mol. The van der Waals surface area contributed by atoms with Gasteiger partial charge in [-0.25, -0.2) is 12.8 Å². The molecule has 110 valence electrons. The number of hydrogen-bond donors (Lipinski definition) is 0. The van der Waals surface area contributed by atoms with Gasteiger partial charge in [-0.1, -0.05) is 18.2 Å². The van der Waals surface area contributed by atoms with Crippen LogP contribution in [-0.2, 0) is 9.84 Å². The van der Waals surface area contributed by atoms with Gasteiger partial charge in [0.25, 0.3) is 0 Å². The van der Waals surface area contributed by atoms with Crippen molar-refractivity contribution >= 4 is 15.6 Å². The highest BCUT2D eigenvalue weighted by atomic mass is 32.2. The largest absolute Gasteiger partial charge is 0.294 e. The minimum Gasteiger partial charge on any atom is -0.294 e. The molecule has 0 heterocycles. The molecule has 0 saturated carbocycles. The van der Waals surface area contributed by atoms with Crippen LogP contribution in [0.4, 0.5) is 4.39 Å². The number of ketones is 1. The summed E-state index contributed by atoms with van der Waals surface area (Å²) in [5.74, 6) is -1.00. The molecule has 2 rings (SSSR count). The number of rotatable bonds is 5. The van der Waals surface area contributed by atoms with Crippen LogP contribution < -0.4 is 0 Å². The fraction of sp³-hybridized carbons (Fsp3) is 0.188. The van der Waals surface area contributed by atoms with Crippen molar-refractivity contribution in [3.05, 3.63) is 65.5 Å². The fourth-order valence-corrected chi connectivity index (χ4v) is 3.54. The van der Waals surface area contributed by atoms with Crippen LogP contribution in [0.1, 0.15) is 22.3 Å². The molecule has 3 nitrogen and oxygen atoms in total. The predicted molar refractivity (Wildman–Crippen MR) is 78.6 cm³/mol. The number of halogens is 1. The molecular formula is C16H15FO3S. The lowest BCUT2D eigenvalue weighted by Gasteiger charge is -2.07. The monoisotopic (exact) mass is 306 g/mol. The second-order valence-corrected chi connectivity index (χ2v) is 6.84. The number of carbonyl (C=O) groups is 1. The fourth-order valence-electron chi connectivity index (χ4n) is 2.02. The van der Waals surface area contributed by atoms with E-state index < -0.39 is 15.7 Å². The van der Waals surface area contributed by atoms with E-state index in [1.54, 1.807) is 25.1 Å². The van der Waals surface area contributed by atoms with E-state index in [1.165, 1.54) is 30.3 Å². The molecule has 0 amide bonds. The average Bonchev–Trinajstić information content (AvgIpc) is 2.46. The van der Waals surface area contributed by atoms with Crippen molar-refractivity contribution in [1.29, 1.82) is 0 Å². The Morgan fingerprint density at radius 2 is 1.67 bits per heavy atom. The molecule has 0 aromatic heterocycles. The molecule has 21 heavy (non-hydrogen) atoms. The van der Waals surface area contributed by atoms with E-state index in [0.717, 1.165) is 0 Å². The number of benzene rings is 2.